The van der Waals surface area contributed by atoms with Gasteiger partial charge in [0.15, 0.2) is 9.84 Å². The molecule has 0 spiro atoms. The lowest BCUT2D eigenvalue weighted by Crippen LogP contribution is -2.20. The summed E-state index contributed by atoms with van der Waals surface area (Å²) < 4.78 is 22.9. The number of sulfone groups is 1. The number of aromatic nitrogens is 1. The van der Waals surface area contributed by atoms with Crippen molar-refractivity contribution in [1.29, 1.82) is 0 Å². The molecule has 1 aromatic heterocycles. The third-order valence-electron chi connectivity index (χ3n) is 3.91. The fourth-order valence-electron chi connectivity index (χ4n) is 2.67. The van der Waals surface area contributed by atoms with Crippen molar-refractivity contribution in [2.75, 3.05) is 22.1 Å². The molecule has 0 radical (unpaired) electrons. The van der Waals surface area contributed by atoms with E-state index in [1.807, 2.05) is 0 Å². The third-order valence-corrected chi connectivity index (χ3v) is 5.93. The van der Waals surface area contributed by atoms with Crippen molar-refractivity contribution in [2.24, 2.45) is 0 Å². The van der Waals surface area contributed by atoms with Crippen molar-refractivity contribution in [3.05, 3.63) is 53.2 Å². The topological polar surface area (TPSA) is 88.2 Å². The summed E-state index contributed by atoms with van der Waals surface area (Å²) in [6.45, 7) is 0. The maximum atomic E-state index is 12.0. The average Bonchev–Trinajstić information content (AvgIpc) is 2.90. The molecule has 1 unspecified atom stereocenters. The zero-order valence-corrected chi connectivity index (χ0v) is 15.0. The van der Waals surface area contributed by atoms with Crippen LogP contribution < -0.4 is 10.6 Å². The summed E-state index contributed by atoms with van der Waals surface area (Å²) in [5, 5.41) is 6.52. The number of nitrogens with one attached hydrogen (secondary N) is 2. The molecule has 1 fully saturated rings. The van der Waals surface area contributed by atoms with E-state index in [2.05, 4.69) is 15.6 Å². The van der Waals surface area contributed by atoms with E-state index in [1.165, 1.54) is 0 Å². The Hall–Kier alpha value is -2.12. The first kappa shape index (κ1) is 17.7. The number of benzene rings is 1. The van der Waals surface area contributed by atoms with Crippen LogP contribution in [0.3, 0.4) is 0 Å². The minimum absolute atomic E-state index is 0.0860. The van der Waals surface area contributed by atoms with E-state index in [0.29, 0.717) is 17.3 Å². The monoisotopic (exact) mass is 379 g/mol. The van der Waals surface area contributed by atoms with Crippen molar-refractivity contribution in [3.63, 3.8) is 0 Å². The van der Waals surface area contributed by atoms with Crippen LogP contribution in [0.2, 0.25) is 5.02 Å². The number of rotatable bonds is 5. The molecule has 0 saturated carbocycles. The molecule has 0 bridgehead atoms. The molecule has 3 rings (SSSR count). The van der Waals surface area contributed by atoms with Crippen LogP contribution in [-0.4, -0.2) is 36.9 Å². The van der Waals surface area contributed by atoms with Crippen LogP contribution in [0.15, 0.2) is 42.6 Å². The lowest BCUT2D eigenvalue weighted by atomic mass is 10.1. The van der Waals surface area contributed by atoms with Crippen molar-refractivity contribution >= 4 is 38.9 Å². The van der Waals surface area contributed by atoms with Gasteiger partial charge in [-0.05, 0) is 36.2 Å². The van der Waals surface area contributed by atoms with Gasteiger partial charge >= 0.3 is 0 Å². The lowest BCUT2D eigenvalue weighted by Gasteiger charge is -2.12. The van der Waals surface area contributed by atoms with Gasteiger partial charge in [0, 0.05) is 11.1 Å². The van der Waals surface area contributed by atoms with E-state index >= 15 is 0 Å². The smallest absolute Gasteiger partial charge is 0.229 e. The van der Waals surface area contributed by atoms with Gasteiger partial charge < -0.3 is 10.6 Å². The number of hydrogen-bond donors (Lipinski definition) is 2. The standard InChI is InChI=1S/C17H18ClN3O3S/c18-13-3-1-12(2-4-13)9-17(22)21-16-6-5-14(10-19-16)20-15-7-8-25(23,24)11-15/h1-6,10,15,20H,7-9,11H2,(H,19,21,22). The molecule has 6 nitrogen and oxygen atoms in total. The first-order valence-electron chi connectivity index (χ1n) is 7.87. The summed E-state index contributed by atoms with van der Waals surface area (Å²) in [6.07, 6.45) is 2.42. The van der Waals surface area contributed by atoms with E-state index in [0.717, 1.165) is 11.3 Å². The van der Waals surface area contributed by atoms with E-state index in [9.17, 15) is 13.2 Å². The minimum atomic E-state index is -2.92. The highest BCUT2D eigenvalue weighted by molar-refractivity contribution is 7.91. The van der Waals surface area contributed by atoms with E-state index < -0.39 is 9.84 Å². The molecule has 1 saturated heterocycles. The van der Waals surface area contributed by atoms with Gasteiger partial charge in [-0.1, -0.05) is 23.7 Å². The van der Waals surface area contributed by atoms with Gasteiger partial charge in [-0.3, -0.25) is 4.79 Å². The highest BCUT2D eigenvalue weighted by Crippen LogP contribution is 2.18. The molecule has 2 heterocycles. The fourth-order valence-corrected chi connectivity index (χ4v) is 4.47. The van der Waals surface area contributed by atoms with Crippen molar-refractivity contribution in [2.45, 2.75) is 18.9 Å². The van der Waals surface area contributed by atoms with Gasteiger partial charge in [0.1, 0.15) is 5.82 Å². The summed E-state index contributed by atoms with van der Waals surface area (Å²) in [5.74, 6) is 0.643. The first-order chi connectivity index (χ1) is 11.9. The Morgan fingerprint density at radius 2 is 1.96 bits per heavy atom. The quantitative estimate of drug-likeness (QED) is 0.833. The number of carbonyl (C=O) groups excluding carboxylic acids is 1. The zero-order chi connectivity index (χ0) is 17.9. The molecular weight excluding hydrogens is 362 g/mol. The van der Waals surface area contributed by atoms with Gasteiger partial charge in [0.05, 0.1) is 29.8 Å². The second kappa shape index (κ2) is 7.41. The van der Waals surface area contributed by atoms with Crippen molar-refractivity contribution in [1.82, 2.24) is 4.98 Å². The second-order valence-corrected chi connectivity index (χ2v) is 8.69. The predicted molar refractivity (Wildman–Crippen MR) is 98.7 cm³/mol. The number of pyridine rings is 1. The van der Waals surface area contributed by atoms with Gasteiger partial charge in [-0.25, -0.2) is 13.4 Å². The summed E-state index contributed by atoms with van der Waals surface area (Å²) in [6, 6.07) is 10.5. The average molecular weight is 380 g/mol. The molecule has 1 aliphatic rings. The summed E-state index contributed by atoms with van der Waals surface area (Å²) >= 11 is 5.82. The highest BCUT2D eigenvalue weighted by Gasteiger charge is 2.27. The Morgan fingerprint density at radius 3 is 2.56 bits per heavy atom. The van der Waals surface area contributed by atoms with Crippen LogP contribution in [-0.2, 0) is 21.1 Å². The Bertz CT molecular complexity index is 852. The van der Waals surface area contributed by atoms with Crippen molar-refractivity contribution < 1.29 is 13.2 Å². The van der Waals surface area contributed by atoms with E-state index in [1.54, 1.807) is 42.6 Å². The maximum absolute atomic E-state index is 12.0. The molecule has 2 aromatic rings. The molecule has 0 aliphatic carbocycles. The van der Waals surface area contributed by atoms with E-state index in [4.69, 9.17) is 11.6 Å². The zero-order valence-electron chi connectivity index (χ0n) is 13.4. The molecule has 1 amide bonds. The van der Waals surface area contributed by atoms with Crippen LogP contribution in [0.5, 0.6) is 0 Å². The fraction of sp³-hybridized carbons (Fsp3) is 0.294. The lowest BCUT2D eigenvalue weighted by molar-refractivity contribution is -0.115. The van der Waals surface area contributed by atoms with E-state index in [-0.39, 0.29) is 29.9 Å². The van der Waals surface area contributed by atoms with Crippen LogP contribution in [0.25, 0.3) is 0 Å². The number of anilines is 2. The third kappa shape index (κ3) is 5.17. The Balaban J connectivity index is 1.53. The molecular formula is C17H18ClN3O3S. The molecule has 1 aromatic carbocycles. The molecule has 25 heavy (non-hydrogen) atoms. The number of halogens is 1. The number of amides is 1. The Labute approximate surface area is 151 Å². The van der Waals surface area contributed by atoms with Crippen LogP contribution >= 0.6 is 11.6 Å². The molecule has 132 valence electrons. The van der Waals surface area contributed by atoms with Crippen LogP contribution in [0.4, 0.5) is 11.5 Å². The maximum Gasteiger partial charge on any atom is 0.229 e. The second-order valence-electron chi connectivity index (χ2n) is 6.03. The highest BCUT2D eigenvalue weighted by atomic mass is 35.5. The number of nitrogens with zero attached hydrogens (tertiary/aromatic N) is 1. The number of carbonyl (C=O) groups is 1. The predicted octanol–water partition coefficient (Wildman–Crippen LogP) is 2.52. The molecule has 1 aliphatic heterocycles. The van der Waals surface area contributed by atoms with Gasteiger partial charge in [0.2, 0.25) is 5.91 Å². The largest absolute Gasteiger partial charge is 0.380 e. The summed E-state index contributed by atoms with van der Waals surface area (Å²) in [7, 11) is -2.92. The van der Waals surface area contributed by atoms with Gasteiger partial charge in [0.25, 0.3) is 0 Å². The SMILES string of the molecule is O=C(Cc1ccc(Cl)cc1)Nc1ccc(NC2CCS(=O)(=O)C2)cn1. The number of hydrogen-bond acceptors (Lipinski definition) is 5. The van der Waals surface area contributed by atoms with Gasteiger partial charge in [-0.15, -0.1) is 0 Å². The van der Waals surface area contributed by atoms with Gasteiger partial charge in [-0.2, -0.15) is 0 Å². The molecule has 2 N–H and O–H groups in total. The Morgan fingerprint density at radius 1 is 1.20 bits per heavy atom. The minimum Gasteiger partial charge on any atom is -0.380 e. The summed E-state index contributed by atoms with van der Waals surface area (Å²) in [5.41, 5.74) is 1.60. The summed E-state index contributed by atoms with van der Waals surface area (Å²) in [4.78, 5) is 16.2. The van der Waals surface area contributed by atoms with Crippen molar-refractivity contribution in [3.8, 4) is 0 Å². The normalized spacial score (nSPS) is 18.7. The molecule has 8 heteroatoms. The van der Waals surface area contributed by atoms with Crippen LogP contribution in [0, 0.1) is 0 Å². The first-order valence-corrected chi connectivity index (χ1v) is 10.1. The van der Waals surface area contributed by atoms with Crippen LogP contribution in [0.1, 0.15) is 12.0 Å². The molecule has 1 atom stereocenters. The Kier molecular flexibility index (Phi) is 5.24.